The molecule has 1 aromatic heterocycles. The molecule has 5 rings (SSSR count). The molecule has 1 aliphatic carbocycles. The fourth-order valence-corrected chi connectivity index (χ4v) is 3.50. The summed E-state index contributed by atoms with van der Waals surface area (Å²) in [6, 6.07) is 7.27. The molecule has 2 fully saturated rings. The average molecular weight is 341 g/mol. The summed E-state index contributed by atoms with van der Waals surface area (Å²) in [5, 5.41) is 4.12. The number of para-hydroxylation sites is 2. The molecule has 2 aromatic rings. The van der Waals surface area contributed by atoms with E-state index in [-0.39, 0.29) is 18.6 Å². The fourth-order valence-electron chi connectivity index (χ4n) is 3.50. The van der Waals surface area contributed by atoms with Gasteiger partial charge in [0.2, 0.25) is 12.0 Å². The Labute approximate surface area is 144 Å². The van der Waals surface area contributed by atoms with Gasteiger partial charge in [0.15, 0.2) is 17.3 Å². The van der Waals surface area contributed by atoms with E-state index >= 15 is 0 Å². The van der Waals surface area contributed by atoms with Crippen molar-refractivity contribution >= 4 is 5.91 Å². The van der Waals surface area contributed by atoms with Crippen molar-refractivity contribution in [2.75, 3.05) is 13.2 Å². The number of hydrogen-bond acceptors (Lipinski definition) is 6. The molecule has 130 valence electrons. The van der Waals surface area contributed by atoms with Crippen LogP contribution in [0.15, 0.2) is 28.8 Å². The number of hydrogen-bond donors (Lipinski definition) is 0. The van der Waals surface area contributed by atoms with Crippen LogP contribution in [0.1, 0.15) is 49.4 Å². The number of carbonyl (C=O) groups excluding carboxylic acids is 1. The lowest BCUT2D eigenvalue weighted by atomic mass is 10.2. The molecule has 1 saturated heterocycles. The van der Waals surface area contributed by atoms with Crippen molar-refractivity contribution in [3.8, 4) is 11.5 Å². The number of aromatic nitrogens is 2. The van der Waals surface area contributed by atoms with Gasteiger partial charge in [-0.2, -0.15) is 4.98 Å². The average Bonchev–Trinajstić information content (AvgIpc) is 3.19. The van der Waals surface area contributed by atoms with Crippen molar-refractivity contribution in [1.29, 1.82) is 0 Å². The molecule has 7 heteroatoms. The Balaban J connectivity index is 1.34. The van der Waals surface area contributed by atoms with Crippen LogP contribution in [0, 0.1) is 0 Å². The Kier molecular flexibility index (Phi) is 3.39. The maximum Gasteiger partial charge on any atom is 0.267 e. The monoisotopic (exact) mass is 341 g/mol. The minimum absolute atomic E-state index is 0.0743. The minimum Gasteiger partial charge on any atom is -0.485 e. The van der Waals surface area contributed by atoms with Crippen molar-refractivity contribution in [3.63, 3.8) is 0 Å². The second-order valence-corrected chi connectivity index (χ2v) is 6.82. The number of ether oxygens (including phenoxy) is 2. The topological polar surface area (TPSA) is 77.7 Å². The number of nitrogens with zero attached hydrogens (tertiary/aromatic N) is 3. The van der Waals surface area contributed by atoms with E-state index in [4.69, 9.17) is 14.0 Å². The summed E-state index contributed by atoms with van der Waals surface area (Å²) < 4.78 is 16.9. The second kappa shape index (κ2) is 5.75. The number of benzene rings is 1. The van der Waals surface area contributed by atoms with E-state index in [1.807, 2.05) is 29.2 Å². The van der Waals surface area contributed by atoms with Crippen molar-refractivity contribution in [2.24, 2.45) is 0 Å². The first-order valence-corrected chi connectivity index (χ1v) is 8.82. The van der Waals surface area contributed by atoms with E-state index in [9.17, 15) is 4.79 Å². The molecule has 1 aromatic carbocycles. The Morgan fingerprint density at radius 2 is 2.00 bits per heavy atom. The lowest BCUT2D eigenvalue weighted by molar-refractivity contribution is -0.142. The molecule has 1 amide bonds. The number of carbonyl (C=O) groups is 1. The van der Waals surface area contributed by atoms with Gasteiger partial charge in [0.05, 0.1) is 6.04 Å². The van der Waals surface area contributed by atoms with Gasteiger partial charge < -0.3 is 18.9 Å². The van der Waals surface area contributed by atoms with Crippen LogP contribution in [0.4, 0.5) is 0 Å². The second-order valence-electron chi connectivity index (χ2n) is 6.82. The Hall–Kier alpha value is -2.57. The van der Waals surface area contributed by atoms with Crippen LogP contribution in [0.5, 0.6) is 11.5 Å². The molecule has 0 spiro atoms. The van der Waals surface area contributed by atoms with Crippen molar-refractivity contribution in [2.45, 2.75) is 43.7 Å². The molecule has 3 heterocycles. The number of fused-ring (bicyclic) bond motifs is 1. The lowest BCUT2D eigenvalue weighted by Crippen LogP contribution is -2.46. The van der Waals surface area contributed by atoms with Gasteiger partial charge in [-0.05, 0) is 37.8 Å². The number of rotatable bonds is 3. The van der Waals surface area contributed by atoms with Crippen molar-refractivity contribution in [1.82, 2.24) is 15.0 Å². The summed E-state index contributed by atoms with van der Waals surface area (Å²) in [5.41, 5.74) is 0. The predicted octanol–water partition coefficient (Wildman–Crippen LogP) is 2.45. The summed E-state index contributed by atoms with van der Waals surface area (Å²) in [5.74, 6) is 2.95. The summed E-state index contributed by atoms with van der Waals surface area (Å²) >= 11 is 0. The zero-order valence-corrected chi connectivity index (χ0v) is 13.8. The standard InChI is InChI=1S/C18H19N3O4/c22-18(15-10-23-13-5-1-2-6-14(13)24-15)21-9-3-4-12(21)16-19-17(25-20-16)11-7-8-11/h1-2,5-6,11-12,15H,3-4,7-10H2/t12-,15-/m0/s1. The third kappa shape index (κ3) is 2.63. The normalized spacial score (nSPS) is 25.2. The Morgan fingerprint density at radius 1 is 1.16 bits per heavy atom. The van der Waals surface area contributed by atoms with Gasteiger partial charge in [0.1, 0.15) is 6.61 Å². The van der Waals surface area contributed by atoms with Gasteiger partial charge in [-0.1, -0.05) is 17.3 Å². The molecule has 1 saturated carbocycles. The highest BCUT2D eigenvalue weighted by atomic mass is 16.6. The molecular weight excluding hydrogens is 322 g/mol. The highest BCUT2D eigenvalue weighted by molar-refractivity contribution is 5.82. The summed E-state index contributed by atoms with van der Waals surface area (Å²) in [6.45, 7) is 0.900. The van der Waals surface area contributed by atoms with Crippen LogP contribution in [0.3, 0.4) is 0 Å². The van der Waals surface area contributed by atoms with E-state index < -0.39 is 6.10 Å². The first-order chi connectivity index (χ1) is 12.3. The summed E-state index contributed by atoms with van der Waals surface area (Å²) in [4.78, 5) is 19.3. The molecule has 7 nitrogen and oxygen atoms in total. The third-order valence-corrected chi connectivity index (χ3v) is 5.00. The summed E-state index contributed by atoms with van der Waals surface area (Å²) in [6.07, 6.45) is 3.36. The maximum atomic E-state index is 13.0. The molecule has 2 atom stereocenters. The van der Waals surface area contributed by atoms with Gasteiger partial charge in [-0.25, -0.2) is 0 Å². The maximum absolute atomic E-state index is 13.0. The SMILES string of the molecule is O=C([C@@H]1COc2ccccc2O1)N1CCC[C@H]1c1noc(C2CC2)n1. The lowest BCUT2D eigenvalue weighted by Gasteiger charge is -2.30. The van der Waals surface area contributed by atoms with E-state index in [1.54, 1.807) is 0 Å². The van der Waals surface area contributed by atoms with Crippen LogP contribution in [0.2, 0.25) is 0 Å². The zero-order chi connectivity index (χ0) is 16.8. The molecule has 3 aliphatic rings. The first-order valence-electron chi connectivity index (χ1n) is 8.82. The van der Waals surface area contributed by atoms with E-state index in [0.29, 0.717) is 35.7 Å². The molecule has 0 unspecified atom stereocenters. The molecule has 0 N–H and O–H groups in total. The van der Waals surface area contributed by atoms with Crippen molar-refractivity contribution in [3.05, 3.63) is 36.0 Å². The van der Waals surface area contributed by atoms with Gasteiger partial charge in [-0.15, -0.1) is 0 Å². The van der Waals surface area contributed by atoms with Gasteiger partial charge >= 0.3 is 0 Å². The van der Waals surface area contributed by atoms with Gasteiger partial charge in [0.25, 0.3) is 5.91 Å². The fraction of sp³-hybridized carbons (Fsp3) is 0.500. The smallest absolute Gasteiger partial charge is 0.267 e. The molecule has 25 heavy (non-hydrogen) atoms. The van der Waals surface area contributed by atoms with Crippen molar-refractivity contribution < 1.29 is 18.8 Å². The van der Waals surface area contributed by atoms with Crippen LogP contribution in [0.25, 0.3) is 0 Å². The van der Waals surface area contributed by atoms with E-state index in [0.717, 1.165) is 25.7 Å². The summed E-state index contributed by atoms with van der Waals surface area (Å²) in [7, 11) is 0. The highest BCUT2D eigenvalue weighted by Crippen LogP contribution is 2.40. The largest absolute Gasteiger partial charge is 0.485 e. The molecular formula is C18H19N3O4. The Bertz CT molecular complexity index is 801. The van der Waals surface area contributed by atoms with Crippen LogP contribution in [-0.2, 0) is 4.79 Å². The predicted molar refractivity (Wildman–Crippen MR) is 86.3 cm³/mol. The minimum atomic E-state index is -0.634. The Morgan fingerprint density at radius 3 is 2.84 bits per heavy atom. The number of likely N-dealkylation sites (tertiary alicyclic amines) is 1. The molecule has 2 aliphatic heterocycles. The van der Waals surface area contributed by atoms with Crippen LogP contribution >= 0.6 is 0 Å². The number of amides is 1. The molecule has 0 bridgehead atoms. The quantitative estimate of drug-likeness (QED) is 0.853. The molecule has 0 radical (unpaired) electrons. The van der Waals surface area contributed by atoms with Crippen LogP contribution < -0.4 is 9.47 Å². The van der Waals surface area contributed by atoms with Gasteiger partial charge in [0, 0.05) is 12.5 Å². The van der Waals surface area contributed by atoms with Gasteiger partial charge in [-0.3, -0.25) is 4.79 Å². The zero-order valence-electron chi connectivity index (χ0n) is 13.8. The first kappa shape index (κ1) is 14.7. The van der Waals surface area contributed by atoms with Crippen LogP contribution in [-0.4, -0.2) is 40.2 Å². The highest BCUT2D eigenvalue weighted by Gasteiger charge is 2.40. The third-order valence-electron chi connectivity index (χ3n) is 5.00. The van der Waals surface area contributed by atoms with E-state index in [2.05, 4.69) is 10.1 Å². The van der Waals surface area contributed by atoms with E-state index in [1.165, 1.54) is 0 Å².